The molecule has 0 aliphatic rings. The van der Waals surface area contributed by atoms with E-state index in [0.29, 0.717) is 40.4 Å². The number of aryl methyl sites for hydroxylation is 1. The zero-order chi connectivity index (χ0) is 19.2. The lowest BCUT2D eigenvalue weighted by Gasteiger charge is -2.14. The minimum absolute atomic E-state index is 0.475. The van der Waals surface area contributed by atoms with Crippen molar-refractivity contribution in [2.45, 2.75) is 13.5 Å². The van der Waals surface area contributed by atoms with Crippen molar-refractivity contribution in [3.8, 4) is 11.5 Å². The average Bonchev–Trinajstić information content (AvgIpc) is 2.68. The number of nitrogens with one attached hydrogen (secondary N) is 2. The number of ether oxygens (including phenoxy) is 2. The first kappa shape index (κ1) is 18.8. The molecule has 27 heavy (non-hydrogen) atoms. The monoisotopic (exact) mass is 384 g/mol. The molecule has 0 amide bonds. The van der Waals surface area contributed by atoms with Crippen molar-refractivity contribution < 1.29 is 9.47 Å². The predicted molar refractivity (Wildman–Crippen MR) is 108 cm³/mol. The molecule has 0 atom stereocenters. The second-order valence-corrected chi connectivity index (χ2v) is 6.35. The zero-order valence-electron chi connectivity index (χ0n) is 15.4. The van der Waals surface area contributed by atoms with Crippen molar-refractivity contribution in [1.29, 1.82) is 0 Å². The van der Waals surface area contributed by atoms with Gasteiger partial charge in [0.1, 0.15) is 29.5 Å². The van der Waals surface area contributed by atoms with Gasteiger partial charge in [-0.15, -0.1) is 0 Å². The molecule has 0 aliphatic carbocycles. The minimum Gasteiger partial charge on any atom is -0.495 e. The number of hydrogen-bond donors (Lipinski definition) is 2. The summed E-state index contributed by atoms with van der Waals surface area (Å²) in [4.78, 5) is 8.54. The smallest absolute Gasteiger partial charge is 0.144 e. The molecule has 0 unspecified atom stereocenters. The van der Waals surface area contributed by atoms with E-state index in [1.807, 2.05) is 12.1 Å². The van der Waals surface area contributed by atoms with Gasteiger partial charge >= 0.3 is 0 Å². The van der Waals surface area contributed by atoms with Crippen molar-refractivity contribution in [2.75, 3.05) is 24.9 Å². The fourth-order valence-electron chi connectivity index (χ4n) is 2.63. The Kier molecular flexibility index (Phi) is 5.98. The highest BCUT2D eigenvalue weighted by Crippen LogP contribution is 2.37. The van der Waals surface area contributed by atoms with E-state index in [1.165, 1.54) is 17.5 Å². The molecule has 3 rings (SSSR count). The number of benzene rings is 2. The second kappa shape index (κ2) is 8.60. The van der Waals surface area contributed by atoms with E-state index in [4.69, 9.17) is 21.1 Å². The molecule has 0 saturated carbocycles. The van der Waals surface area contributed by atoms with Crippen molar-refractivity contribution >= 4 is 28.9 Å². The van der Waals surface area contributed by atoms with Crippen LogP contribution < -0.4 is 20.1 Å². The molecule has 0 aliphatic heterocycles. The van der Waals surface area contributed by atoms with Gasteiger partial charge in [-0.3, -0.25) is 0 Å². The Labute approximate surface area is 163 Å². The Morgan fingerprint density at radius 3 is 2.48 bits per heavy atom. The summed E-state index contributed by atoms with van der Waals surface area (Å²) in [5.41, 5.74) is 3.11. The zero-order valence-corrected chi connectivity index (χ0v) is 16.2. The van der Waals surface area contributed by atoms with Crippen LogP contribution in [0.5, 0.6) is 11.5 Å². The van der Waals surface area contributed by atoms with E-state index >= 15 is 0 Å². The van der Waals surface area contributed by atoms with Gasteiger partial charge in [0.15, 0.2) is 0 Å². The highest BCUT2D eigenvalue weighted by Gasteiger charge is 2.11. The van der Waals surface area contributed by atoms with E-state index in [1.54, 1.807) is 26.4 Å². The molecule has 0 fully saturated rings. The Morgan fingerprint density at radius 2 is 1.74 bits per heavy atom. The normalized spacial score (nSPS) is 10.4. The Balaban J connectivity index is 1.76. The van der Waals surface area contributed by atoms with Gasteiger partial charge in [0.2, 0.25) is 0 Å². The second-order valence-electron chi connectivity index (χ2n) is 5.94. The summed E-state index contributed by atoms with van der Waals surface area (Å²) >= 11 is 6.15. The van der Waals surface area contributed by atoms with Crippen LogP contribution in [0.3, 0.4) is 0 Å². The molecule has 2 aromatic carbocycles. The summed E-state index contributed by atoms with van der Waals surface area (Å²) in [6.45, 7) is 2.75. The van der Waals surface area contributed by atoms with Gasteiger partial charge in [0, 0.05) is 24.7 Å². The maximum absolute atomic E-state index is 6.15. The molecule has 1 aromatic heterocycles. The molecule has 3 aromatic rings. The summed E-state index contributed by atoms with van der Waals surface area (Å²) in [6.07, 6.45) is 1.50. The van der Waals surface area contributed by atoms with Crippen molar-refractivity contribution in [3.05, 3.63) is 64.9 Å². The van der Waals surface area contributed by atoms with Gasteiger partial charge in [-0.2, -0.15) is 0 Å². The van der Waals surface area contributed by atoms with Gasteiger partial charge in [-0.05, 0) is 12.5 Å². The van der Waals surface area contributed by atoms with Crippen LogP contribution in [0.15, 0.2) is 48.8 Å². The molecule has 6 nitrogen and oxygen atoms in total. The largest absolute Gasteiger partial charge is 0.495 e. The van der Waals surface area contributed by atoms with E-state index in [0.717, 1.165) is 0 Å². The van der Waals surface area contributed by atoms with Crippen LogP contribution >= 0.6 is 11.6 Å². The fraction of sp³-hybridized carbons (Fsp3) is 0.200. The maximum Gasteiger partial charge on any atom is 0.144 e. The van der Waals surface area contributed by atoms with Crippen molar-refractivity contribution in [3.63, 3.8) is 0 Å². The van der Waals surface area contributed by atoms with E-state index < -0.39 is 0 Å². The minimum atomic E-state index is 0.475. The lowest BCUT2D eigenvalue weighted by atomic mass is 10.1. The lowest BCUT2D eigenvalue weighted by Crippen LogP contribution is -2.04. The number of anilines is 3. The summed E-state index contributed by atoms with van der Waals surface area (Å²) < 4.78 is 10.7. The van der Waals surface area contributed by atoms with E-state index in [-0.39, 0.29) is 0 Å². The van der Waals surface area contributed by atoms with Crippen LogP contribution in [-0.2, 0) is 6.54 Å². The van der Waals surface area contributed by atoms with Crippen LogP contribution in [0.4, 0.5) is 17.3 Å². The predicted octanol–water partition coefficient (Wildman–Crippen LogP) is 4.81. The van der Waals surface area contributed by atoms with Gasteiger partial charge in [0.05, 0.1) is 24.9 Å². The first-order chi connectivity index (χ1) is 13.1. The number of hydrogen-bond acceptors (Lipinski definition) is 6. The summed E-state index contributed by atoms with van der Waals surface area (Å²) in [7, 11) is 3.15. The van der Waals surface area contributed by atoms with Crippen molar-refractivity contribution in [2.24, 2.45) is 0 Å². The molecule has 140 valence electrons. The first-order valence-electron chi connectivity index (χ1n) is 8.39. The summed E-state index contributed by atoms with van der Waals surface area (Å²) in [5, 5.41) is 7.00. The molecule has 0 bridgehead atoms. The fourth-order valence-corrected chi connectivity index (χ4v) is 2.86. The number of nitrogens with zero attached hydrogens (tertiary/aromatic N) is 2. The third-order valence-electron chi connectivity index (χ3n) is 3.96. The molecule has 0 saturated heterocycles. The number of methoxy groups -OCH3 is 2. The standard InChI is InChI=1S/C20H21ClN4O2/c1-13-5-4-6-14(7-13)11-22-19-10-20(24-12-23-19)25-16-9-17(26-2)15(21)8-18(16)27-3/h4-10,12H,11H2,1-3H3,(H2,22,23,24,25). The molecular formula is C20H21ClN4O2. The Bertz CT molecular complexity index is 934. The van der Waals surface area contributed by atoms with Gasteiger partial charge in [-0.1, -0.05) is 41.4 Å². The Hall–Kier alpha value is -2.99. The van der Waals surface area contributed by atoms with Crippen LogP contribution in [0.2, 0.25) is 5.02 Å². The van der Waals surface area contributed by atoms with Crippen LogP contribution in [0, 0.1) is 6.92 Å². The maximum atomic E-state index is 6.15. The van der Waals surface area contributed by atoms with Crippen LogP contribution in [0.1, 0.15) is 11.1 Å². The summed E-state index contributed by atoms with van der Waals surface area (Å²) in [6, 6.07) is 13.6. The molecule has 7 heteroatoms. The molecule has 1 heterocycles. The van der Waals surface area contributed by atoms with Gasteiger partial charge in [0.25, 0.3) is 0 Å². The number of halogens is 1. The van der Waals surface area contributed by atoms with Crippen LogP contribution in [0.25, 0.3) is 0 Å². The quantitative estimate of drug-likeness (QED) is 0.609. The first-order valence-corrected chi connectivity index (χ1v) is 8.77. The van der Waals surface area contributed by atoms with Gasteiger partial charge in [-0.25, -0.2) is 9.97 Å². The van der Waals surface area contributed by atoms with E-state index in [9.17, 15) is 0 Å². The van der Waals surface area contributed by atoms with Crippen LogP contribution in [-0.4, -0.2) is 24.2 Å². The SMILES string of the molecule is COc1cc(Nc2cc(NCc3cccc(C)c3)ncn2)c(OC)cc1Cl. The third-order valence-corrected chi connectivity index (χ3v) is 4.26. The highest BCUT2D eigenvalue weighted by molar-refractivity contribution is 6.32. The van der Waals surface area contributed by atoms with E-state index in [2.05, 4.69) is 45.7 Å². The topological polar surface area (TPSA) is 68.3 Å². The van der Waals surface area contributed by atoms with Gasteiger partial charge < -0.3 is 20.1 Å². The third kappa shape index (κ3) is 4.80. The molecule has 0 radical (unpaired) electrons. The number of rotatable bonds is 7. The average molecular weight is 385 g/mol. The molecule has 2 N–H and O–H groups in total. The molecule has 0 spiro atoms. The Morgan fingerprint density at radius 1 is 0.963 bits per heavy atom. The summed E-state index contributed by atoms with van der Waals surface area (Å²) in [5.74, 6) is 2.48. The van der Waals surface area contributed by atoms with Crippen molar-refractivity contribution in [1.82, 2.24) is 9.97 Å². The lowest BCUT2D eigenvalue weighted by molar-refractivity contribution is 0.405. The highest BCUT2D eigenvalue weighted by atomic mass is 35.5. The molecular weight excluding hydrogens is 364 g/mol. The number of aromatic nitrogens is 2.